The number of rotatable bonds is 4. The molecule has 6 rings (SSSR count). The number of aliphatic hydroxyl groups is 1. The predicted molar refractivity (Wildman–Crippen MR) is 152 cm³/mol. The van der Waals surface area contributed by atoms with Gasteiger partial charge in [0.05, 0.1) is 40.1 Å². The molecule has 0 spiro atoms. The highest BCUT2D eigenvalue weighted by Gasteiger charge is 2.38. The van der Waals surface area contributed by atoms with Gasteiger partial charge in [0.15, 0.2) is 15.5 Å². The molecule has 2 atom stereocenters. The van der Waals surface area contributed by atoms with Crippen LogP contribution >= 0.6 is 23.2 Å². The molecule has 0 saturated carbocycles. The third kappa shape index (κ3) is 4.94. The molecule has 1 aliphatic heterocycles. The summed E-state index contributed by atoms with van der Waals surface area (Å²) in [5.41, 5.74) is 3.59. The van der Waals surface area contributed by atoms with E-state index < -0.39 is 39.5 Å². The number of fused-ring (bicyclic) bond motifs is 2. The number of carbonyl (C=O) groups excluding carboxylic acids is 1. The van der Waals surface area contributed by atoms with Gasteiger partial charge in [-0.1, -0.05) is 59.6 Å². The average molecular weight is 598 g/mol. The zero-order valence-corrected chi connectivity index (χ0v) is 23.1. The molecule has 2 aliphatic rings. The molecule has 0 unspecified atom stereocenters. The fraction of sp³-hybridized carbons (Fsp3) is 0.172. The van der Waals surface area contributed by atoms with Gasteiger partial charge in [-0.25, -0.2) is 17.5 Å². The van der Waals surface area contributed by atoms with Gasteiger partial charge < -0.3 is 10.4 Å². The summed E-state index contributed by atoms with van der Waals surface area (Å²) < 4.78 is 41.2. The van der Waals surface area contributed by atoms with Crippen LogP contribution in [0.15, 0.2) is 66.7 Å². The van der Waals surface area contributed by atoms with Gasteiger partial charge in [0, 0.05) is 17.0 Å². The van der Waals surface area contributed by atoms with E-state index in [-0.39, 0.29) is 22.0 Å². The summed E-state index contributed by atoms with van der Waals surface area (Å²) in [6.45, 7) is 0. The first-order valence-corrected chi connectivity index (χ1v) is 15.0. The molecular weight excluding hydrogens is 576 g/mol. The van der Waals surface area contributed by atoms with Crippen LogP contribution in [0.1, 0.15) is 44.5 Å². The molecule has 204 valence electrons. The molecule has 2 N–H and O–H groups in total. The number of benzene rings is 3. The number of halogens is 3. The molecule has 0 bridgehead atoms. The maximum Gasteiger partial charge on any atom is 0.272 e. The Balaban J connectivity index is 1.51. The van der Waals surface area contributed by atoms with Crippen LogP contribution in [0.25, 0.3) is 17.3 Å². The maximum absolute atomic E-state index is 13.7. The molecule has 0 fully saturated rings. The number of aromatic nitrogens is 2. The van der Waals surface area contributed by atoms with Crippen molar-refractivity contribution < 1.29 is 22.7 Å². The van der Waals surface area contributed by atoms with Crippen LogP contribution in [0.5, 0.6) is 0 Å². The number of sulfone groups is 1. The van der Waals surface area contributed by atoms with Crippen molar-refractivity contribution in [2.45, 2.75) is 24.3 Å². The van der Waals surface area contributed by atoms with E-state index in [0.29, 0.717) is 34.0 Å². The summed E-state index contributed by atoms with van der Waals surface area (Å²) in [5, 5.41) is 18.8. The fourth-order valence-corrected chi connectivity index (χ4v) is 7.33. The second-order valence-electron chi connectivity index (χ2n) is 9.86. The van der Waals surface area contributed by atoms with Crippen molar-refractivity contribution in [3.8, 4) is 5.69 Å². The first-order chi connectivity index (χ1) is 19.1. The first-order valence-electron chi connectivity index (χ1n) is 12.4. The Morgan fingerprint density at radius 2 is 1.82 bits per heavy atom. The third-order valence-corrected chi connectivity index (χ3v) is 9.10. The number of hydrogen-bond acceptors (Lipinski definition) is 5. The number of aliphatic hydroxyl groups excluding tert-OH is 1. The summed E-state index contributed by atoms with van der Waals surface area (Å²) >= 11 is 12.6. The van der Waals surface area contributed by atoms with Gasteiger partial charge >= 0.3 is 0 Å². The van der Waals surface area contributed by atoms with Gasteiger partial charge in [0.25, 0.3) is 5.91 Å². The highest BCUT2D eigenvalue weighted by molar-refractivity contribution is 7.91. The predicted octanol–water partition coefficient (Wildman–Crippen LogP) is 5.18. The lowest BCUT2D eigenvalue weighted by Gasteiger charge is -2.20. The molecule has 2 heterocycles. The highest BCUT2D eigenvalue weighted by atomic mass is 35.5. The molecule has 11 heteroatoms. The normalized spacial score (nSPS) is 20.2. The molecule has 7 nitrogen and oxygen atoms in total. The number of nitrogens with one attached hydrogen (secondary N) is 1. The van der Waals surface area contributed by atoms with Crippen LogP contribution in [-0.2, 0) is 22.0 Å². The minimum atomic E-state index is -3.68. The van der Waals surface area contributed by atoms with E-state index >= 15 is 0 Å². The molecule has 3 aromatic carbocycles. The van der Waals surface area contributed by atoms with Crippen LogP contribution in [0.4, 0.5) is 4.39 Å². The van der Waals surface area contributed by atoms with Gasteiger partial charge in [-0.2, -0.15) is 5.10 Å². The number of amides is 1. The van der Waals surface area contributed by atoms with Crippen molar-refractivity contribution in [1.82, 2.24) is 15.1 Å². The van der Waals surface area contributed by atoms with Gasteiger partial charge in [0.1, 0.15) is 5.82 Å². The number of carbonyl (C=O) groups is 1. The largest absolute Gasteiger partial charge is 0.390 e. The Morgan fingerprint density at radius 1 is 1.07 bits per heavy atom. The molecular formula is C29H22Cl2FN3O4S. The number of nitrogens with zero attached hydrogens (tertiary/aromatic N) is 2. The molecule has 1 amide bonds. The third-order valence-electron chi connectivity index (χ3n) is 7.08. The Labute approximate surface area is 239 Å². The SMILES string of the molecule is O=C(N[C@@H]1c2ccccc2C[C@@H]1O)c1nn(-c2ccc(Cl)cc2Cl)c2c1CS(=O)(=O)C/C2=C\c1ccc(F)cc1. The summed E-state index contributed by atoms with van der Waals surface area (Å²) in [7, 11) is -3.68. The molecule has 4 aromatic rings. The lowest BCUT2D eigenvalue weighted by atomic mass is 10.0. The zero-order chi connectivity index (χ0) is 28.2. The lowest BCUT2D eigenvalue weighted by molar-refractivity contribution is 0.0852. The smallest absolute Gasteiger partial charge is 0.272 e. The van der Waals surface area contributed by atoms with Crippen molar-refractivity contribution in [2.24, 2.45) is 0 Å². The van der Waals surface area contributed by atoms with Gasteiger partial charge in [0.2, 0.25) is 0 Å². The molecule has 0 saturated heterocycles. The van der Waals surface area contributed by atoms with E-state index in [0.717, 1.165) is 11.1 Å². The second-order valence-corrected chi connectivity index (χ2v) is 12.8. The topological polar surface area (TPSA) is 101 Å². The Morgan fingerprint density at radius 3 is 2.58 bits per heavy atom. The molecule has 0 radical (unpaired) electrons. The Hall–Kier alpha value is -3.50. The average Bonchev–Trinajstić information content (AvgIpc) is 3.42. The molecule has 40 heavy (non-hydrogen) atoms. The first kappa shape index (κ1) is 26.7. The summed E-state index contributed by atoms with van der Waals surface area (Å²) in [6, 6.07) is 17.1. The fourth-order valence-electron chi connectivity index (χ4n) is 5.33. The van der Waals surface area contributed by atoms with Crippen LogP contribution in [0.2, 0.25) is 10.0 Å². The van der Waals surface area contributed by atoms with Crippen molar-refractivity contribution in [3.63, 3.8) is 0 Å². The summed E-state index contributed by atoms with van der Waals surface area (Å²) in [4.78, 5) is 13.7. The van der Waals surface area contributed by atoms with E-state index in [1.807, 2.05) is 24.3 Å². The molecule has 1 aliphatic carbocycles. The molecule has 1 aromatic heterocycles. The Bertz CT molecular complexity index is 1800. The van der Waals surface area contributed by atoms with Crippen molar-refractivity contribution >= 4 is 50.6 Å². The highest BCUT2D eigenvalue weighted by Crippen LogP contribution is 2.38. The number of hydrogen-bond donors (Lipinski definition) is 2. The quantitative estimate of drug-likeness (QED) is 0.338. The minimum Gasteiger partial charge on any atom is -0.390 e. The van der Waals surface area contributed by atoms with Crippen molar-refractivity contribution in [1.29, 1.82) is 0 Å². The Kier molecular flexibility index (Phi) is 6.78. The van der Waals surface area contributed by atoms with Crippen LogP contribution < -0.4 is 5.32 Å². The van der Waals surface area contributed by atoms with E-state index in [4.69, 9.17) is 23.2 Å². The van der Waals surface area contributed by atoms with Crippen molar-refractivity contribution in [2.75, 3.05) is 5.75 Å². The second kappa shape index (κ2) is 10.2. The van der Waals surface area contributed by atoms with Crippen LogP contribution in [0.3, 0.4) is 0 Å². The van der Waals surface area contributed by atoms with Gasteiger partial charge in [-0.05, 0) is 58.7 Å². The summed E-state index contributed by atoms with van der Waals surface area (Å²) in [5.74, 6) is -1.78. The zero-order valence-electron chi connectivity index (χ0n) is 20.8. The van der Waals surface area contributed by atoms with E-state index in [1.54, 1.807) is 18.2 Å². The summed E-state index contributed by atoms with van der Waals surface area (Å²) in [6.07, 6.45) is 1.17. The van der Waals surface area contributed by atoms with Crippen LogP contribution in [0, 0.1) is 5.82 Å². The van der Waals surface area contributed by atoms with E-state index in [1.165, 1.54) is 35.0 Å². The monoisotopic (exact) mass is 597 g/mol. The van der Waals surface area contributed by atoms with E-state index in [2.05, 4.69) is 10.4 Å². The van der Waals surface area contributed by atoms with Crippen LogP contribution in [-0.4, -0.2) is 41.1 Å². The van der Waals surface area contributed by atoms with E-state index in [9.17, 15) is 22.7 Å². The van der Waals surface area contributed by atoms with Gasteiger partial charge in [-0.3, -0.25) is 4.79 Å². The van der Waals surface area contributed by atoms with Crippen molar-refractivity contribution in [3.05, 3.63) is 116 Å². The van der Waals surface area contributed by atoms with Gasteiger partial charge in [-0.15, -0.1) is 0 Å². The maximum atomic E-state index is 13.7. The standard InChI is InChI=1S/C29H22Cl2FN3O4S/c30-19-7-10-24(23(31)13-19)35-28-18(11-16-5-8-20(32)9-6-16)14-40(38,39)15-22(28)27(34-35)29(37)33-26-21-4-2-1-3-17(21)12-25(26)36/h1-11,13,25-26,36H,12,14-15H2,(H,33,37)/b18-11+/t25-,26+/m0/s1. The minimum absolute atomic E-state index is 0.0918. The lowest BCUT2D eigenvalue weighted by Crippen LogP contribution is -2.35.